The molecule has 16 heavy (non-hydrogen) atoms. The highest BCUT2D eigenvalue weighted by molar-refractivity contribution is 6.32. The highest BCUT2D eigenvalue weighted by atomic mass is 35.5. The summed E-state index contributed by atoms with van der Waals surface area (Å²) in [5, 5.41) is 8.32. The zero-order chi connectivity index (χ0) is 11.9. The van der Waals surface area contributed by atoms with Crippen molar-refractivity contribution in [1.29, 1.82) is 0 Å². The zero-order valence-electron chi connectivity index (χ0n) is 7.54. The SMILES string of the molecule is O=C(O)c1nc2cc(F)c(F)cc2nc1Cl. The van der Waals surface area contributed by atoms with Gasteiger partial charge in [0.15, 0.2) is 22.5 Å². The molecule has 0 unspecified atom stereocenters. The predicted octanol–water partition coefficient (Wildman–Crippen LogP) is 2.26. The molecular weight excluding hydrogens is 242 g/mol. The van der Waals surface area contributed by atoms with E-state index in [9.17, 15) is 13.6 Å². The summed E-state index contributed by atoms with van der Waals surface area (Å²) < 4.78 is 25.7. The molecule has 1 aromatic carbocycles. The Morgan fingerprint density at radius 1 is 1.19 bits per heavy atom. The van der Waals surface area contributed by atoms with Crippen LogP contribution in [0, 0.1) is 11.6 Å². The minimum absolute atomic E-state index is 0.00565. The third-order valence-electron chi connectivity index (χ3n) is 1.87. The molecular formula is C9H3ClF2N2O2. The van der Waals surface area contributed by atoms with Crippen molar-refractivity contribution in [1.82, 2.24) is 9.97 Å². The van der Waals surface area contributed by atoms with Crippen LogP contribution in [0.2, 0.25) is 5.15 Å². The molecule has 2 rings (SSSR count). The van der Waals surface area contributed by atoms with Crippen LogP contribution in [0.4, 0.5) is 8.78 Å². The van der Waals surface area contributed by atoms with E-state index < -0.39 is 23.3 Å². The summed E-state index contributed by atoms with van der Waals surface area (Å²) in [6, 6.07) is 1.57. The lowest BCUT2D eigenvalue weighted by molar-refractivity contribution is 0.0690. The number of halogens is 3. The summed E-state index contributed by atoms with van der Waals surface area (Å²) in [5.74, 6) is -3.61. The molecule has 0 aliphatic heterocycles. The van der Waals surface area contributed by atoms with Gasteiger partial charge >= 0.3 is 5.97 Å². The van der Waals surface area contributed by atoms with E-state index in [1.807, 2.05) is 0 Å². The largest absolute Gasteiger partial charge is 0.476 e. The molecule has 1 heterocycles. The Labute approximate surface area is 92.5 Å². The lowest BCUT2D eigenvalue weighted by Gasteiger charge is -2.01. The second kappa shape index (κ2) is 3.64. The van der Waals surface area contributed by atoms with Crippen LogP contribution in [0.3, 0.4) is 0 Å². The van der Waals surface area contributed by atoms with Crippen LogP contribution in [0.1, 0.15) is 10.5 Å². The standard InChI is InChI=1S/C9H3ClF2N2O2/c10-8-7(9(15)16)13-5-1-3(11)4(12)2-6(5)14-8/h1-2H,(H,15,16). The van der Waals surface area contributed by atoms with Gasteiger partial charge in [-0.15, -0.1) is 0 Å². The summed E-state index contributed by atoms with van der Waals surface area (Å²) in [4.78, 5) is 17.9. The number of hydrogen-bond acceptors (Lipinski definition) is 3. The molecule has 0 amide bonds. The van der Waals surface area contributed by atoms with Crippen molar-refractivity contribution in [3.05, 3.63) is 34.6 Å². The monoisotopic (exact) mass is 244 g/mol. The van der Waals surface area contributed by atoms with Crippen LogP contribution in [0.5, 0.6) is 0 Å². The molecule has 1 N–H and O–H groups in total. The molecule has 0 bridgehead atoms. The number of carboxylic acids is 1. The zero-order valence-corrected chi connectivity index (χ0v) is 8.29. The molecule has 1 aromatic heterocycles. The molecule has 0 fully saturated rings. The molecule has 0 radical (unpaired) electrons. The lowest BCUT2D eigenvalue weighted by atomic mass is 10.2. The number of hydrogen-bond donors (Lipinski definition) is 1. The fraction of sp³-hybridized carbons (Fsp3) is 0. The van der Waals surface area contributed by atoms with Crippen LogP contribution in [0.15, 0.2) is 12.1 Å². The maximum atomic E-state index is 12.9. The highest BCUT2D eigenvalue weighted by Gasteiger charge is 2.15. The third-order valence-corrected chi connectivity index (χ3v) is 2.13. The lowest BCUT2D eigenvalue weighted by Crippen LogP contribution is -2.04. The van der Waals surface area contributed by atoms with Gasteiger partial charge < -0.3 is 5.11 Å². The van der Waals surface area contributed by atoms with Crippen LogP contribution >= 0.6 is 11.6 Å². The van der Waals surface area contributed by atoms with Gasteiger partial charge in [-0.05, 0) is 0 Å². The Bertz CT molecular complexity index is 604. The van der Waals surface area contributed by atoms with E-state index in [4.69, 9.17) is 16.7 Å². The Kier molecular flexibility index (Phi) is 2.43. The molecule has 0 aliphatic carbocycles. The molecule has 4 nitrogen and oxygen atoms in total. The molecule has 0 saturated carbocycles. The quantitative estimate of drug-likeness (QED) is 0.836. The van der Waals surface area contributed by atoms with E-state index in [0.717, 1.165) is 12.1 Å². The maximum Gasteiger partial charge on any atom is 0.357 e. The number of rotatable bonds is 1. The minimum Gasteiger partial charge on any atom is -0.476 e. The van der Waals surface area contributed by atoms with Crippen LogP contribution in [-0.2, 0) is 0 Å². The summed E-state index contributed by atoms with van der Waals surface area (Å²) in [5.41, 5.74) is -0.574. The van der Waals surface area contributed by atoms with E-state index in [2.05, 4.69) is 9.97 Å². The Morgan fingerprint density at radius 2 is 1.69 bits per heavy atom. The van der Waals surface area contributed by atoms with Crippen molar-refractivity contribution in [3.63, 3.8) is 0 Å². The minimum atomic E-state index is -1.39. The van der Waals surface area contributed by atoms with Crippen molar-refractivity contribution in [3.8, 4) is 0 Å². The fourth-order valence-electron chi connectivity index (χ4n) is 1.17. The van der Waals surface area contributed by atoms with Crippen LogP contribution in [0.25, 0.3) is 11.0 Å². The first-order chi connectivity index (χ1) is 7.49. The summed E-state index contributed by atoms with van der Waals surface area (Å²) in [6.45, 7) is 0. The number of carbonyl (C=O) groups is 1. The third kappa shape index (κ3) is 1.67. The van der Waals surface area contributed by atoms with E-state index in [-0.39, 0.29) is 16.2 Å². The molecule has 82 valence electrons. The number of aromatic carboxylic acids is 1. The Balaban J connectivity index is 2.79. The van der Waals surface area contributed by atoms with E-state index in [1.54, 1.807) is 0 Å². The first-order valence-corrected chi connectivity index (χ1v) is 4.42. The second-order valence-corrected chi connectivity index (χ2v) is 3.28. The van der Waals surface area contributed by atoms with Gasteiger partial charge in [0.05, 0.1) is 11.0 Å². The smallest absolute Gasteiger partial charge is 0.357 e. The van der Waals surface area contributed by atoms with E-state index >= 15 is 0 Å². The molecule has 0 spiro atoms. The van der Waals surface area contributed by atoms with Crippen molar-refractivity contribution >= 4 is 28.6 Å². The number of benzene rings is 1. The van der Waals surface area contributed by atoms with Gasteiger partial charge in [0.1, 0.15) is 0 Å². The summed E-state index contributed by atoms with van der Waals surface area (Å²) >= 11 is 5.52. The highest BCUT2D eigenvalue weighted by Crippen LogP contribution is 2.19. The molecule has 7 heteroatoms. The number of aromatic nitrogens is 2. The summed E-state index contributed by atoms with van der Waals surface area (Å²) in [6.07, 6.45) is 0. The first kappa shape index (κ1) is 10.7. The van der Waals surface area contributed by atoms with Gasteiger partial charge in [0.25, 0.3) is 0 Å². The Hall–Kier alpha value is -1.82. The van der Waals surface area contributed by atoms with Crippen molar-refractivity contribution in [2.45, 2.75) is 0 Å². The van der Waals surface area contributed by atoms with Gasteiger partial charge in [-0.1, -0.05) is 11.6 Å². The van der Waals surface area contributed by atoms with Gasteiger partial charge in [-0.3, -0.25) is 0 Å². The van der Waals surface area contributed by atoms with Crippen LogP contribution < -0.4 is 0 Å². The molecule has 0 aliphatic rings. The molecule has 2 aromatic rings. The molecule has 0 saturated heterocycles. The number of fused-ring (bicyclic) bond motifs is 1. The van der Waals surface area contributed by atoms with Gasteiger partial charge in [0, 0.05) is 12.1 Å². The second-order valence-electron chi connectivity index (χ2n) is 2.92. The first-order valence-electron chi connectivity index (χ1n) is 4.04. The predicted molar refractivity (Wildman–Crippen MR) is 51.4 cm³/mol. The van der Waals surface area contributed by atoms with Gasteiger partial charge in [-0.25, -0.2) is 23.5 Å². The van der Waals surface area contributed by atoms with Crippen molar-refractivity contribution in [2.75, 3.05) is 0 Å². The topological polar surface area (TPSA) is 63.1 Å². The van der Waals surface area contributed by atoms with Crippen molar-refractivity contribution < 1.29 is 18.7 Å². The normalized spacial score (nSPS) is 10.7. The number of nitrogens with zero attached hydrogens (tertiary/aromatic N) is 2. The molecule has 0 atom stereocenters. The number of carboxylic acid groups (broad SMARTS) is 1. The fourth-order valence-corrected chi connectivity index (χ4v) is 1.38. The van der Waals surface area contributed by atoms with Gasteiger partial charge in [-0.2, -0.15) is 0 Å². The average Bonchev–Trinajstić information content (AvgIpc) is 2.19. The van der Waals surface area contributed by atoms with Crippen LogP contribution in [-0.4, -0.2) is 21.0 Å². The van der Waals surface area contributed by atoms with E-state index in [1.165, 1.54) is 0 Å². The van der Waals surface area contributed by atoms with E-state index in [0.29, 0.717) is 0 Å². The van der Waals surface area contributed by atoms with Crippen molar-refractivity contribution in [2.24, 2.45) is 0 Å². The van der Waals surface area contributed by atoms with Gasteiger partial charge in [0.2, 0.25) is 0 Å². The summed E-state index contributed by atoms with van der Waals surface area (Å²) in [7, 11) is 0. The maximum absolute atomic E-state index is 12.9. The Morgan fingerprint density at radius 3 is 2.19 bits per heavy atom. The average molecular weight is 245 g/mol.